The van der Waals surface area contributed by atoms with Crippen molar-refractivity contribution in [3.8, 4) is 11.5 Å². The third-order valence-corrected chi connectivity index (χ3v) is 3.72. The van der Waals surface area contributed by atoms with E-state index in [0.717, 1.165) is 0 Å². The molecule has 0 atom stereocenters. The van der Waals surface area contributed by atoms with Gasteiger partial charge in [0.15, 0.2) is 11.7 Å². The lowest BCUT2D eigenvalue weighted by Crippen LogP contribution is -2.21. The number of nitrogens with one attached hydrogen (secondary N) is 1. The Labute approximate surface area is 163 Å². The van der Waals surface area contributed by atoms with Crippen LogP contribution in [0.4, 0.5) is 5.82 Å². The number of anilines is 1. The molecule has 0 spiro atoms. The monoisotopic (exact) mass is 387 g/mol. The number of aliphatic imine (C=N–C) groups is 1. The van der Waals surface area contributed by atoms with Crippen LogP contribution in [0.15, 0.2) is 41.0 Å². The Morgan fingerprint density at radius 1 is 1.39 bits per heavy atom. The first kappa shape index (κ1) is 21.0. The maximum atomic E-state index is 12.6. The molecular formula is C18H25N7O3. The average Bonchev–Trinajstić information content (AvgIpc) is 3.18. The first-order chi connectivity index (χ1) is 13.5. The second-order valence-corrected chi connectivity index (χ2v) is 6.03. The van der Waals surface area contributed by atoms with Gasteiger partial charge < -0.3 is 25.1 Å². The summed E-state index contributed by atoms with van der Waals surface area (Å²) >= 11 is 0. The van der Waals surface area contributed by atoms with Crippen molar-refractivity contribution in [1.29, 1.82) is 0 Å². The molecule has 0 unspecified atom stereocenters. The molecule has 2 rings (SSSR count). The third kappa shape index (κ3) is 5.36. The summed E-state index contributed by atoms with van der Waals surface area (Å²) in [5.41, 5.74) is 6.46. The Morgan fingerprint density at radius 3 is 2.86 bits per heavy atom. The highest BCUT2D eigenvalue weighted by molar-refractivity contribution is 6.17. The van der Waals surface area contributed by atoms with Crippen LogP contribution in [0, 0.1) is 0 Å². The van der Waals surface area contributed by atoms with Crippen LogP contribution in [-0.2, 0) is 14.3 Å². The van der Waals surface area contributed by atoms with Crippen LogP contribution < -0.4 is 11.1 Å². The van der Waals surface area contributed by atoms with E-state index < -0.39 is 5.91 Å². The molecule has 10 nitrogen and oxygen atoms in total. The molecule has 0 aliphatic rings. The minimum absolute atomic E-state index is 0.0469. The number of rotatable bonds is 9. The number of aromatic nitrogens is 4. The van der Waals surface area contributed by atoms with Gasteiger partial charge in [-0.1, -0.05) is 6.07 Å². The normalized spacial score (nSPS) is 12.3. The van der Waals surface area contributed by atoms with E-state index >= 15 is 0 Å². The molecule has 0 aromatic carbocycles. The Balaban J connectivity index is 2.23. The smallest absolute Gasteiger partial charge is 0.263 e. The van der Waals surface area contributed by atoms with E-state index in [1.54, 1.807) is 31.6 Å². The largest absolute Gasteiger partial charge is 0.482 e. The topological polar surface area (TPSA) is 130 Å². The maximum Gasteiger partial charge on any atom is 0.263 e. The predicted molar refractivity (Wildman–Crippen MR) is 106 cm³/mol. The molecule has 0 fully saturated rings. The van der Waals surface area contributed by atoms with Crippen LogP contribution in [-0.4, -0.2) is 59.2 Å². The third-order valence-electron chi connectivity index (χ3n) is 3.72. The quantitative estimate of drug-likeness (QED) is 0.288. The molecule has 2 aromatic rings. The van der Waals surface area contributed by atoms with Gasteiger partial charge in [-0.15, -0.1) is 10.2 Å². The molecule has 0 bridgehead atoms. The molecule has 0 radical (unpaired) electrons. The van der Waals surface area contributed by atoms with E-state index in [1.165, 1.54) is 13.3 Å². The van der Waals surface area contributed by atoms with E-state index in [2.05, 4.69) is 25.5 Å². The van der Waals surface area contributed by atoms with E-state index in [0.29, 0.717) is 30.5 Å². The molecule has 10 heteroatoms. The van der Waals surface area contributed by atoms with Gasteiger partial charge in [0, 0.05) is 19.4 Å². The lowest BCUT2D eigenvalue weighted by atomic mass is 10.2. The SMILES string of the molecule is COCCN=CC(C(=O)Nc1cccc(-c2nncn2C(C)C)n1)=C(N)OC. The number of pyridine rings is 1. The molecule has 0 saturated carbocycles. The Kier molecular flexibility index (Phi) is 7.64. The first-order valence-corrected chi connectivity index (χ1v) is 8.68. The van der Waals surface area contributed by atoms with Gasteiger partial charge in [-0.25, -0.2) is 4.98 Å². The van der Waals surface area contributed by atoms with Crippen molar-refractivity contribution in [2.24, 2.45) is 10.7 Å². The molecule has 3 N–H and O–H groups in total. The number of methoxy groups -OCH3 is 2. The number of ether oxygens (including phenoxy) is 2. The van der Waals surface area contributed by atoms with Crippen molar-refractivity contribution in [2.45, 2.75) is 19.9 Å². The van der Waals surface area contributed by atoms with Gasteiger partial charge in [-0.2, -0.15) is 0 Å². The van der Waals surface area contributed by atoms with Crippen molar-refractivity contribution < 1.29 is 14.3 Å². The maximum absolute atomic E-state index is 12.6. The Hall–Kier alpha value is -3.27. The number of nitrogens with two attached hydrogens (primary N) is 1. The van der Waals surface area contributed by atoms with Crippen LogP contribution in [0.1, 0.15) is 19.9 Å². The molecule has 2 heterocycles. The molecule has 28 heavy (non-hydrogen) atoms. The standard InChI is InChI=1S/C18H25N7O3/c1-12(2)25-11-21-24-17(25)14-6-5-7-15(22-14)23-18(26)13(16(19)28-4)10-20-8-9-27-3/h5-7,10-12H,8-9,19H2,1-4H3,(H,22,23,26). The van der Waals surface area contributed by atoms with Crippen molar-refractivity contribution >= 4 is 17.9 Å². The highest BCUT2D eigenvalue weighted by Gasteiger charge is 2.16. The van der Waals surface area contributed by atoms with Gasteiger partial charge in [0.05, 0.1) is 20.3 Å². The highest BCUT2D eigenvalue weighted by atomic mass is 16.5. The average molecular weight is 387 g/mol. The van der Waals surface area contributed by atoms with E-state index in [9.17, 15) is 4.79 Å². The van der Waals surface area contributed by atoms with Crippen molar-refractivity contribution in [3.63, 3.8) is 0 Å². The van der Waals surface area contributed by atoms with Gasteiger partial charge in [0.25, 0.3) is 5.91 Å². The minimum Gasteiger partial charge on any atom is -0.482 e. The highest BCUT2D eigenvalue weighted by Crippen LogP contribution is 2.20. The van der Waals surface area contributed by atoms with Gasteiger partial charge >= 0.3 is 0 Å². The fourth-order valence-electron chi connectivity index (χ4n) is 2.26. The van der Waals surface area contributed by atoms with Gasteiger partial charge in [-0.3, -0.25) is 9.79 Å². The summed E-state index contributed by atoms with van der Waals surface area (Å²) in [5.74, 6) is 0.414. The lowest BCUT2D eigenvalue weighted by molar-refractivity contribution is -0.112. The summed E-state index contributed by atoms with van der Waals surface area (Å²) in [5, 5.41) is 10.8. The summed E-state index contributed by atoms with van der Waals surface area (Å²) in [6.07, 6.45) is 3.00. The number of carbonyl (C=O) groups excluding carboxylic acids is 1. The van der Waals surface area contributed by atoms with Gasteiger partial charge in [-0.05, 0) is 26.0 Å². The Bertz CT molecular complexity index is 858. The fourth-order valence-corrected chi connectivity index (χ4v) is 2.26. The summed E-state index contributed by atoms with van der Waals surface area (Å²) in [4.78, 5) is 21.2. The summed E-state index contributed by atoms with van der Waals surface area (Å²) in [6.45, 7) is 4.86. The minimum atomic E-state index is -0.490. The summed E-state index contributed by atoms with van der Waals surface area (Å²) in [7, 11) is 2.95. The van der Waals surface area contributed by atoms with Gasteiger partial charge in [0.1, 0.15) is 23.4 Å². The number of hydrogen-bond donors (Lipinski definition) is 2. The number of hydrogen-bond acceptors (Lipinski definition) is 8. The molecular weight excluding hydrogens is 362 g/mol. The van der Waals surface area contributed by atoms with Crippen LogP contribution in [0.25, 0.3) is 11.5 Å². The van der Waals surface area contributed by atoms with Crippen molar-refractivity contribution in [1.82, 2.24) is 19.7 Å². The number of amides is 1. The zero-order chi connectivity index (χ0) is 20.5. The van der Waals surface area contributed by atoms with E-state index in [-0.39, 0.29) is 17.5 Å². The lowest BCUT2D eigenvalue weighted by Gasteiger charge is -2.11. The first-order valence-electron chi connectivity index (χ1n) is 8.68. The van der Waals surface area contributed by atoms with E-state index in [1.807, 2.05) is 18.4 Å². The van der Waals surface area contributed by atoms with Gasteiger partial charge in [0.2, 0.25) is 0 Å². The van der Waals surface area contributed by atoms with Crippen LogP contribution in [0.5, 0.6) is 0 Å². The summed E-state index contributed by atoms with van der Waals surface area (Å²) < 4.78 is 11.8. The predicted octanol–water partition coefficient (Wildman–Crippen LogP) is 1.39. The Morgan fingerprint density at radius 2 is 2.18 bits per heavy atom. The fraction of sp³-hybridized carbons (Fsp3) is 0.389. The van der Waals surface area contributed by atoms with Crippen LogP contribution >= 0.6 is 0 Å². The molecule has 150 valence electrons. The second-order valence-electron chi connectivity index (χ2n) is 6.03. The summed E-state index contributed by atoms with van der Waals surface area (Å²) in [6, 6.07) is 5.41. The molecule has 0 saturated heterocycles. The zero-order valence-electron chi connectivity index (χ0n) is 16.4. The second kappa shape index (κ2) is 10.2. The van der Waals surface area contributed by atoms with E-state index in [4.69, 9.17) is 15.2 Å². The molecule has 1 amide bonds. The molecule has 2 aromatic heterocycles. The van der Waals surface area contributed by atoms with Crippen molar-refractivity contribution in [2.75, 3.05) is 32.7 Å². The van der Waals surface area contributed by atoms with Crippen molar-refractivity contribution in [3.05, 3.63) is 36.0 Å². The number of nitrogens with zero attached hydrogens (tertiary/aromatic N) is 5. The van der Waals surface area contributed by atoms with Crippen LogP contribution in [0.2, 0.25) is 0 Å². The number of carbonyl (C=O) groups is 1. The zero-order valence-corrected chi connectivity index (χ0v) is 16.4. The van der Waals surface area contributed by atoms with Crippen LogP contribution in [0.3, 0.4) is 0 Å². The molecule has 0 aliphatic carbocycles. The molecule has 0 aliphatic heterocycles.